The monoisotopic (exact) mass is 269 g/mol. The van der Waals surface area contributed by atoms with Crippen molar-refractivity contribution in [2.45, 2.75) is 3.91 Å². The molecule has 0 spiro atoms. The second-order valence-corrected chi connectivity index (χ2v) is 6.88. The molecule has 0 bridgehead atoms. The summed E-state index contributed by atoms with van der Waals surface area (Å²) in [6.45, 7) is 0. The summed E-state index contributed by atoms with van der Waals surface area (Å²) in [7, 11) is -19.2. The van der Waals surface area contributed by atoms with Crippen LogP contribution in [0.25, 0.3) is 0 Å². The molecule has 0 atom stereocenters. The van der Waals surface area contributed by atoms with E-state index in [1.165, 1.54) is 0 Å². The van der Waals surface area contributed by atoms with E-state index in [4.69, 9.17) is 0 Å². The minimum absolute atomic E-state index is 0. The third-order valence-electron chi connectivity index (χ3n) is 0.690. The molecule has 0 unspecified atom stereocenters. The summed E-state index contributed by atoms with van der Waals surface area (Å²) in [5.41, 5.74) is 0. The molecule has 0 saturated carbocycles. The van der Waals surface area contributed by atoms with E-state index in [0.29, 0.717) is 0 Å². The quantitative estimate of drug-likeness (QED) is 0.470. The predicted molar refractivity (Wildman–Crippen MR) is 39.6 cm³/mol. The summed E-state index contributed by atoms with van der Waals surface area (Å²) in [4.78, 5) is 0. The van der Waals surface area contributed by atoms with E-state index in [9.17, 15) is 36.9 Å². The molecule has 0 aliphatic carbocycles. The minimum Gasteiger partial charge on any atom is -0.192 e. The topological polar surface area (TPSA) is 102 Å². The van der Waals surface area contributed by atoms with Gasteiger partial charge in [0.25, 0.3) is 0 Å². The van der Waals surface area contributed by atoms with Gasteiger partial charge in [0, 0.05) is 18.9 Å². The van der Waals surface area contributed by atoms with E-state index in [1.54, 1.807) is 0 Å². The first-order valence-corrected chi connectivity index (χ1v) is 6.51. The normalized spacial score (nSPS) is 13.7. The first-order valence-electron chi connectivity index (χ1n) is 2.17. The second-order valence-electron chi connectivity index (χ2n) is 1.72. The van der Waals surface area contributed by atoms with Crippen LogP contribution in [0.2, 0.25) is 0 Å². The minimum atomic E-state index is -6.41. The van der Waals surface area contributed by atoms with Crippen LogP contribution in [0, 0.1) is 0 Å². The van der Waals surface area contributed by atoms with Gasteiger partial charge in [0.2, 0.25) is 0 Å². The van der Waals surface area contributed by atoms with Gasteiger partial charge in [-0.3, -0.25) is 0 Å². The Bertz CT molecular complexity index is 410. The van der Waals surface area contributed by atoms with Gasteiger partial charge in [0.15, 0.2) is 0 Å². The molecule has 0 aromatic rings. The Kier molecular flexibility index (Phi) is 5.23. The number of rotatable bonds is 3. The van der Waals surface area contributed by atoms with Crippen LogP contribution >= 0.6 is 0 Å². The Balaban J connectivity index is 0. The fourth-order valence-corrected chi connectivity index (χ4v) is 3.71. The summed E-state index contributed by atoms with van der Waals surface area (Å²) in [5, 5.41) is 0. The zero-order chi connectivity index (χ0) is 11.1. The number of hydrogen-bond donors (Lipinski definition) is 0. The zero-order valence-electron chi connectivity index (χ0n) is 6.39. The van der Waals surface area contributed by atoms with Gasteiger partial charge >= 0.3 is 34.6 Å². The van der Waals surface area contributed by atoms with Crippen LogP contribution in [0.4, 0.5) is 11.7 Å². The smallest absolute Gasteiger partial charge is 0.192 e. The summed E-state index contributed by atoms with van der Waals surface area (Å²) in [6, 6.07) is 0. The number of hydrogen-bond acceptors (Lipinski definition) is 6. The Morgan fingerprint density at radius 2 is 0.786 bits per heavy atom. The fourth-order valence-electron chi connectivity index (χ4n) is 0.412. The van der Waals surface area contributed by atoms with Gasteiger partial charge in [-0.15, -0.1) is 11.7 Å². The van der Waals surface area contributed by atoms with E-state index >= 15 is 0 Å². The van der Waals surface area contributed by atoms with Crippen LogP contribution < -0.4 is 0 Å². The molecule has 13 heteroatoms. The van der Waals surface area contributed by atoms with Crippen molar-refractivity contribution in [1.82, 2.24) is 0 Å². The van der Waals surface area contributed by atoms with Gasteiger partial charge in [-0.05, 0) is 0 Å². The van der Waals surface area contributed by atoms with Crippen molar-refractivity contribution >= 4 is 49.5 Å². The Morgan fingerprint density at radius 3 is 0.786 bits per heavy atom. The molecule has 0 aliphatic heterocycles. The van der Waals surface area contributed by atoms with Gasteiger partial charge in [-0.1, -0.05) is 0 Å². The van der Waals surface area contributed by atoms with Crippen molar-refractivity contribution in [3.8, 4) is 0 Å². The Labute approximate surface area is 90.3 Å². The molecule has 6 nitrogen and oxygen atoms in total. The fraction of sp³-hybridized carbons (Fsp3) is 1.00. The maximum atomic E-state index is 11.8. The summed E-state index contributed by atoms with van der Waals surface area (Å²) >= 11 is 0. The molecule has 1 radical (unpaired) electrons. The van der Waals surface area contributed by atoms with E-state index in [0.717, 1.165) is 0 Å². The third-order valence-corrected chi connectivity index (χ3v) is 6.21. The maximum absolute atomic E-state index is 11.8. The molecule has 0 N–H and O–H groups in total. The van der Waals surface area contributed by atoms with E-state index in [1.807, 2.05) is 0 Å². The molecule has 14 heavy (non-hydrogen) atoms. The molecule has 0 fully saturated rings. The zero-order valence-corrected chi connectivity index (χ0v) is 8.83. The van der Waals surface area contributed by atoms with Gasteiger partial charge in [-0.2, -0.15) is 25.3 Å². The second kappa shape index (κ2) is 4.40. The average Bonchev–Trinajstić information content (AvgIpc) is 1.44. The van der Waals surface area contributed by atoms with E-state index in [-0.39, 0.29) is 18.9 Å². The van der Waals surface area contributed by atoms with Crippen molar-refractivity contribution in [1.29, 1.82) is 0 Å². The van der Waals surface area contributed by atoms with Crippen LogP contribution in [0.15, 0.2) is 0 Å². The molecule has 81 valence electrons. The molecule has 0 aromatic carbocycles. The van der Waals surface area contributed by atoms with Crippen LogP contribution in [0.5, 0.6) is 0 Å². The van der Waals surface area contributed by atoms with Gasteiger partial charge < -0.3 is 0 Å². The van der Waals surface area contributed by atoms with Crippen LogP contribution in [-0.4, -0.2) is 48.0 Å². The summed E-state index contributed by atoms with van der Waals surface area (Å²) in [5.74, 6) is 0. The molecular formula is CHF3LiO6S3. The molecule has 0 saturated heterocycles. The average molecular weight is 269 g/mol. The first kappa shape index (κ1) is 16.7. The molecule has 0 aromatic heterocycles. The Morgan fingerprint density at radius 1 is 0.643 bits per heavy atom. The van der Waals surface area contributed by atoms with Crippen LogP contribution in [-0.2, 0) is 30.7 Å². The molecule has 0 amide bonds. The molecule has 0 aliphatic rings. The summed E-state index contributed by atoms with van der Waals surface area (Å²) < 4.78 is 89.3. The third kappa shape index (κ3) is 4.65. The standard InChI is InChI=1S/CHF3O6S3.Li/c2-11(5,6)1(12(3,7)8)13(4,9)10;/h1H;. The van der Waals surface area contributed by atoms with Crippen LogP contribution in [0.1, 0.15) is 0 Å². The maximum Gasteiger partial charge on any atom is 0.349 e. The van der Waals surface area contributed by atoms with Crippen LogP contribution in [0.3, 0.4) is 0 Å². The van der Waals surface area contributed by atoms with Gasteiger partial charge in [0.1, 0.15) is 0 Å². The molecule has 0 rings (SSSR count). The summed E-state index contributed by atoms with van der Waals surface area (Å²) in [6.07, 6.45) is 0. The first-order chi connectivity index (χ1) is 5.37. The molecular weight excluding hydrogens is 268 g/mol. The van der Waals surface area contributed by atoms with Crippen molar-refractivity contribution in [2.24, 2.45) is 0 Å². The predicted octanol–water partition coefficient (Wildman–Crippen LogP) is -1.21. The largest absolute Gasteiger partial charge is 0.349 e. The van der Waals surface area contributed by atoms with Gasteiger partial charge in [0.05, 0.1) is 0 Å². The van der Waals surface area contributed by atoms with Crippen molar-refractivity contribution in [2.75, 3.05) is 0 Å². The van der Waals surface area contributed by atoms with E-state index in [2.05, 4.69) is 0 Å². The molecule has 0 heterocycles. The van der Waals surface area contributed by atoms with Crippen molar-refractivity contribution in [3.05, 3.63) is 0 Å². The SMILES string of the molecule is O=S(=O)(F)C(S(=O)(=O)F)S(=O)(=O)F.[Li]. The van der Waals surface area contributed by atoms with Crippen molar-refractivity contribution in [3.63, 3.8) is 0 Å². The van der Waals surface area contributed by atoms with Gasteiger partial charge in [-0.25, -0.2) is 0 Å². The van der Waals surface area contributed by atoms with Crippen molar-refractivity contribution < 1.29 is 36.9 Å². The van der Waals surface area contributed by atoms with E-state index < -0.39 is 34.6 Å². The number of halogens is 3. The Hall–Kier alpha value is 0.237.